The SMILES string of the molecule is CCCC[C@@H]1C[C@@H](O)CN1CCC. The molecule has 0 aromatic rings. The van der Waals surface area contributed by atoms with Crippen LogP contribution < -0.4 is 0 Å². The van der Waals surface area contributed by atoms with Crippen LogP contribution in [0.3, 0.4) is 0 Å². The second-order valence-electron chi connectivity index (χ2n) is 4.18. The maximum absolute atomic E-state index is 9.55. The molecule has 0 aromatic carbocycles. The van der Waals surface area contributed by atoms with E-state index < -0.39 is 0 Å². The summed E-state index contributed by atoms with van der Waals surface area (Å²) in [7, 11) is 0. The number of nitrogens with zero attached hydrogens (tertiary/aromatic N) is 1. The van der Waals surface area contributed by atoms with Crippen molar-refractivity contribution in [2.24, 2.45) is 0 Å². The second kappa shape index (κ2) is 5.61. The Hall–Kier alpha value is -0.0800. The first-order valence-corrected chi connectivity index (χ1v) is 5.70. The Morgan fingerprint density at radius 3 is 2.69 bits per heavy atom. The van der Waals surface area contributed by atoms with Gasteiger partial charge in [0, 0.05) is 12.6 Å². The zero-order valence-corrected chi connectivity index (χ0v) is 9.00. The first-order valence-electron chi connectivity index (χ1n) is 5.70. The van der Waals surface area contributed by atoms with E-state index in [9.17, 15) is 5.11 Å². The van der Waals surface area contributed by atoms with Gasteiger partial charge in [-0.3, -0.25) is 4.90 Å². The molecule has 2 nitrogen and oxygen atoms in total. The first kappa shape index (κ1) is 11.0. The van der Waals surface area contributed by atoms with Crippen LogP contribution in [0.4, 0.5) is 0 Å². The summed E-state index contributed by atoms with van der Waals surface area (Å²) in [5, 5.41) is 9.55. The van der Waals surface area contributed by atoms with E-state index in [1.165, 1.54) is 25.7 Å². The van der Waals surface area contributed by atoms with Crippen molar-refractivity contribution in [3.8, 4) is 0 Å². The van der Waals surface area contributed by atoms with Crippen LogP contribution in [0, 0.1) is 0 Å². The van der Waals surface area contributed by atoms with Gasteiger partial charge in [0.15, 0.2) is 0 Å². The maximum Gasteiger partial charge on any atom is 0.0682 e. The lowest BCUT2D eigenvalue weighted by Gasteiger charge is -2.23. The molecular weight excluding hydrogens is 162 g/mol. The third kappa shape index (κ3) is 3.28. The molecule has 0 aromatic heterocycles. The highest BCUT2D eigenvalue weighted by Crippen LogP contribution is 2.22. The van der Waals surface area contributed by atoms with Crippen LogP contribution in [0.15, 0.2) is 0 Å². The van der Waals surface area contributed by atoms with Gasteiger partial charge in [0.05, 0.1) is 6.10 Å². The number of aliphatic hydroxyl groups excluding tert-OH is 1. The van der Waals surface area contributed by atoms with Crippen molar-refractivity contribution in [3.05, 3.63) is 0 Å². The minimum Gasteiger partial charge on any atom is -0.392 e. The van der Waals surface area contributed by atoms with Crippen LogP contribution in [0.2, 0.25) is 0 Å². The lowest BCUT2D eigenvalue weighted by molar-refractivity contribution is 0.174. The molecule has 1 N–H and O–H groups in total. The van der Waals surface area contributed by atoms with Crippen molar-refractivity contribution >= 4 is 0 Å². The second-order valence-corrected chi connectivity index (χ2v) is 4.18. The molecule has 1 fully saturated rings. The minimum absolute atomic E-state index is 0.0617. The summed E-state index contributed by atoms with van der Waals surface area (Å²) in [6, 6.07) is 0.662. The number of rotatable bonds is 5. The van der Waals surface area contributed by atoms with E-state index in [1.54, 1.807) is 0 Å². The van der Waals surface area contributed by atoms with Crippen LogP contribution in [-0.4, -0.2) is 35.2 Å². The van der Waals surface area contributed by atoms with Gasteiger partial charge in [-0.15, -0.1) is 0 Å². The summed E-state index contributed by atoms with van der Waals surface area (Å²) >= 11 is 0. The van der Waals surface area contributed by atoms with E-state index in [4.69, 9.17) is 0 Å². The lowest BCUT2D eigenvalue weighted by Crippen LogP contribution is -2.30. The van der Waals surface area contributed by atoms with Crippen molar-refractivity contribution in [3.63, 3.8) is 0 Å². The Morgan fingerprint density at radius 2 is 2.08 bits per heavy atom. The summed E-state index contributed by atoms with van der Waals surface area (Å²) in [5.41, 5.74) is 0. The average molecular weight is 185 g/mol. The Bertz CT molecular complexity index is 138. The minimum atomic E-state index is -0.0617. The van der Waals surface area contributed by atoms with Crippen molar-refractivity contribution < 1.29 is 5.11 Å². The molecule has 1 rings (SSSR count). The van der Waals surface area contributed by atoms with Gasteiger partial charge in [0.25, 0.3) is 0 Å². The molecule has 13 heavy (non-hydrogen) atoms. The highest BCUT2D eigenvalue weighted by molar-refractivity contribution is 4.84. The Morgan fingerprint density at radius 1 is 1.31 bits per heavy atom. The van der Waals surface area contributed by atoms with Crippen LogP contribution in [0.5, 0.6) is 0 Å². The number of aliphatic hydroxyl groups is 1. The summed E-state index contributed by atoms with van der Waals surface area (Å²) in [6.45, 7) is 6.50. The van der Waals surface area contributed by atoms with Gasteiger partial charge in [-0.25, -0.2) is 0 Å². The van der Waals surface area contributed by atoms with Gasteiger partial charge < -0.3 is 5.11 Å². The molecule has 1 heterocycles. The van der Waals surface area contributed by atoms with Gasteiger partial charge in [-0.05, 0) is 25.8 Å². The molecule has 0 unspecified atom stereocenters. The molecule has 0 aliphatic carbocycles. The molecule has 0 saturated carbocycles. The zero-order chi connectivity index (χ0) is 9.68. The van der Waals surface area contributed by atoms with Crippen molar-refractivity contribution in [2.75, 3.05) is 13.1 Å². The molecule has 0 amide bonds. The third-order valence-electron chi connectivity index (χ3n) is 2.91. The topological polar surface area (TPSA) is 23.5 Å². The standard InChI is InChI=1S/C11H23NO/c1-3-5-6-10-8-11(13)9-12(10)7-4-2/h10-11,13H,3-9H2,1-2H3/t10-,11-/m1/s1. The third-order valence-corrected chi connectivity index (χ3v) is 2.91. The Balaban J connectivity index is 2.31. The number of β-amino-alcohol motifs (C(OH)–C–C–N with tert-alkyl or cyclic N) is 1. The van der Waals surface area contributed by atoms with E-state index in [2.05, 4.69) is 18.7 Å². The fraction of sp³-hybridized carbons (Fsp3) is 1.00. The van der Waals surface area contributed by atoms with Crippen LogP contribution in [0.25, 0.3) is 0 Å². The van der Waals surface area contributed by atoms with Crippen LogP contribution in [0.1, 0.15) is 46.0 Å². The Labute approximate surface area is 81.9 Å². The normalized spacial score (nSPS) is 29.8. The van der Waals surface area contributed by atoms with Gasteiger partial charge >= 0.3 is 0 Å². The predicted molar refractivity (Wildman–Crippen MR) is 55.8 cm³/mol. The van der Waals surface area contributed by atoms with Gasteiger partial charge in [-0.1, -0.05) is 26.7 Å². The highest BCUT2D eigenvalue weighted by Gasteiger charge is 2.29. The fourth-order valence-corrected chi connectivity index (χ4v) is 2.26. The fourth-order valence-electron chi connectivity index (χ4n) is 2.26. The van der Waals surface area contributed by atoms with Gasteiger partial charge in [0.2, 0.25) is 0 Å². The average Bonchev–Trinajstić information content (AvgIpc) is 2.44. The van der Waals surface area contributed by atoms with Crippen molar-refractivity contribution in [1.29, 1.82) is 0 Å². The molecule has 1 aliphatic rings. The molecule has 1 saturated heterocycles. The van der Waals surface area contributed by atoms with E-state index >= 15 is 0 Å². The Kier molecular flexibility index (Phi) is 4.74. The number of likely N-dealkylation sites (tertiary alicyclic amines) is 1. The molecule has 2 atom stereocenters. The summed E-state index contributed by atoms with van der Waals surface area (Å²) in [4.78, 5) is 2.46. The molecule has 0 bridgehead atoms. The van der Waals surface area contributed by atoms with Crippen LogP contribution in [-0.2, 0) is 0 Å². The van der Waals surface area contributed by atoms with Gasteiger partial charge in [-0.2, -0.15) is 0 Å². The molecule has 0 spiro atoms. The lowest BCUT2D eigenvalue weighted by atomic mass is 10.1. The maximum atomic E-state index is 9.55. The van der Waals surface area contributed by atoms with Crippen molar-refractivity contribution in [2.45, 2.75) is 58.1 Å². The number of hydrogen-bond donors (Lipinski definition) is 1. The highest BCUT2D eigenvalue weighted by atomic mass is 16.3. The monoisotopic (exact) mass is 185 g/mol. The molecule has 78 valence electrons. The van der Waals surface area contributed by atoms with Crippen LogP contribution >= 0.6 is 0 Å². The van der Waals surface area contributed by atoms with E-state index in [-0.39, 0.29) is 6.10 Å². The van der Waals surface area contributed by atoms with E-state index in [1.807, 2.05) is 0 Å². The smallest absolute Gasteiger partial charge is 0.0682 e. The summed E-state index contributed by atoms with van der Waals surface area (Å²) in [6.07, 6.45) is 5.99. The summed E-state index contributed by atoms with van der Waals surface area (Å²) in [5.74, 6) is 0. The largest absolute Gasteiger partial charge is 0.392 e. The molecule has 0 radical (unpaired) electrons. The molecule has 2 heteroatoms. The van der Waals surface area contributed by atoms with E-state index in [0.717, 1.165) is 19.5 Å². The number of unbranched alkanes of at least 4 members (excludes halogenated alkanes) is 1. The predicted octanol–water partition coefficient (Wildman–Crippen LogP) is 2.02. The zero-order valence-electron chi connectivity index (χ0n) is 9.00. The number of hydrogen-bond acceptors (Lipinski definition) is 2. The molecular formula is C11H23NO. The molecule has 1 aliphatic heterocycles. The summed E-state index contributed by atoms with van der Waals surface area (Å²) < 4.78 is 0. The van der Waals surface area contributed by atoms with E-state index in [0.29, 0.717) is 6.04 Å². The van der Waals surface area contributed by atoms with Crippen molar-refractivity contribution in [1.82, 2.24) is 4.90 Å². The quantitative estimate of drug-likeness (QED) is 0.708. The first-order chi connectivity index (χ1) is 6.27. The van der Waals surface area contributed by atoms with Gasteiger partial charge in [0.1, 0.15) is 0 Å².